The van der Waals surface area contributed by atoms with Crippen LogP contribution in [0, 0.1) is 17.7 Å². The zero-order chi connectivity index (χ0) is 22.7. The van der Waals surface area contributed by atoms with Crippen molar-refractivity contribution in [2.45, 2.75) is 38.0 Å². The molecule has 1 saturated carbocycles. The van der Waals surface area contributed by atoms with Gasteiger partial charge in [-0.1, -0.05) is 17.7 Å². The molecule has 0 bridgehead atoms. The zero-order valence-electron chi connectivity index (χ0n) is 17.9. The topological polar surface area (TPSA) is 68.0 Å². The first-order chi connectivity index (χ1) is 15.5. The zero-order valence-corrected chi connectivity index (χ0v) is 18.6. The lowest BCUT2D eigenvalue weighted by atomic mass is 9.72. The molecule has 6 heteroatoms. The molecule has 1 amide bonds. The molecule has 0 spiro atoms. The maximum absolute atomic E-state index is 13.9. The monoisotopic (exact) mass is 451 g/mol. The van der Waals surface area contributed by atoms with Crippen molar-refractivity contribution in [2.24, 2.45) is 11.8 Å². The largest absolute Gasteiger partial charge is 0.397 e. The maximum Gasteiger partial charge on any atom is 0.228 e. The second kappa shape index (κ2) is 9.70. The summed E-state index contributed by atoms with van der Waals surface area (Å²) in [6.07, 6.45) is 7.96. The van der Waals surface area contributed by atoms with Crippen LogP contribution >= 0.6 is 11.6 Å². The van der Waals surface area contributed by atoms with Crippen LogP contribution in [-0.2, 0) is 4.79 Å². The van der Waals surface area contributed by atoms with Gasteiger partial charge in [-0.05, 0) is 92.0 Å². The van der Waals surface area contributed by atoms with Gasteiger partial charge in [0.1, 0.15) is 5.82 Å². The fourth-order valence-corrected chi connectivity index (χ4v) is 5.07. The number of pyridine rings is 1. The molecule has 1 aromatic heterocycles. The number of allylic oxidation sites excluding steroid dienone is 1. The van der Waals surface area contributed by atoms with Crippen molar-refractivity contribution in [1.82, 2.24) is 4.98 Å². The lowest BCUT2D eigenvalue weighted by molar-refractivity contribution is -0.121. The van der Waals surface area contributed by atoms with E-state index in [-0.39, 0.29) is 23.6 Å². The van der Waals surface area contributed by atoms with Gasteiger partial charge < -0.3 is 11.1 Å². The number of fused-ring (bicyclic) bond motifs is 1. The minimum atomic E-state index is -0.246. The molecule has 1 heterocycles. The smallest absolute Gasteiger partial charge is 0.228 e. The second-order valence-electron chi connectivity index (χ2n) is 8.53. The molecule has 3 aromatic rings. The van der Waals surface area contributed by atoms with Crippen molar-refractivity contribution in [3.63, 3.8) is 0 Å². The van der Waals surface area contributed by atoms with Crippen LogP contribution in [0.4, 0.5) is 15.8 Å². The van der Waals surface area contributed by atoms with Crippen molar-refractivity contribution in [3.05, 3.63) is 77.7 Å². The summed E-state index contributed by atoms with van der Waals surface area (Å²) in [5, 5.41) is 4.39. The van der Waals surface area contributed by atoms with Gasteiger partial charge >= 0.3 is 0 Å². The van der Waals surface area contributed by atoms with E-state index in [0.29, 0.717) is 28.7 Å². The maximum atomic E-state index is 13.9. The molecular weight excluding hydrogens is 425 g/mol. The first kappa shape index (κ1) is 22.3. The Kier molecular flexibility index (Phi) is 6.75. The molecular formula is C26H27ClFN3O. The van der Waals surface area contributed by atoms with E-state index in [1.807, 2.05) is 6.07 Å². The van der Waals surface area contributed by atoms with Crippen molar-refractivity contribution in [1.29, 1.82) is 0 Å². The number of carbonyl (C=O) groups is 1. The normalized spacial score (nSPS) is 19.4. The highest BCUT2D eigenvalue weighted by Crippen LogP contribution is 2.42. The summed E-state index contributed by atoms with van der Waals surface area (Å²) in [6.45, 7) is 3.85. The first-order valence-corrected chi connectivity index (χ1v) is 11.3. The Bertz CT molecular complexity index is 1140. The predicted octanol–water partition coefficient (Wildman–Crippen LogP) is 6.71. The number of hydrogen-bond acceptors (Lipinski definition) is 3. The molecule has 0 aliphatic heterocycles. The van der Waals surface area contributed by atoms with E-state index >= 15 is 0 Å². The van der Waals surface area contributed by atoms with Crippen LogP contribution in [0.3, 0.4) is 0 Å². The van der Waals surface area contributed by atoms with Crippen molar-refractivity contribution >= 4 is 39.8 Å². The predicted molar refractivity (Wildman–Crippen MR) is 129 cm³/mol. The van der Waals surface area contributed by atoms with E-state index in [9.17, 15) is 9.18 Å². The van der Waals surface area contributed by atoms with Crippen molar-refractivity contribution in [3.8, 4) is 0 Å². The van der Waals surface area contributed by atoms with E-state index in [4.69, 9.17) is 17.3 Å². The summed E-state index contributed by atoms with van der Waals surface area (Å²) >= 11 is 5.97. The number of halogens is 2. The lowest BCUT2D eigenvalue weighted by Crippen LogP contribution is -2.31. The summed E-state index contributed by atoms with van der Waals surface area (Å²) in [6, 6.07) is 11.8. The summed E-state index contributed by atoms with van der Waals surface area (Å²) in [5.74, 6) is 0.124. The highest BCUT2D eigenvalue weighted by Gasteiger charge is 2.32. The van der Waals surface area contributed by atoms with Crippen LogP contribution in [0.1, 0.15) is 43.6 Å². The molecule has 0 saturated heterocycles. The van der Waals surface area contributed by atoms with Crippen LogP contribution < -0.4 is 11.1 Å². The molecule has 1 fully saturated rings. The Morgan fingerprint density at radius 3 is 2.72 bits per heavy atom. The van der Waals surface area contributed by atoms with Gasteiger partial charge in [0.2, 0.25) is 5.91 Å². The van der Waals surface area contributed by atoms with Crippen LogP contribution in [0.15, 0.2) is 61.3 Å². The van der Waals surface area contributed by atoms with Crippen LogP contribution in [0.2, 0.25) is 5.02 Å². The third-order valence-corrected chi connectivity index (χ3v) is 6.78. The fraction of sp³-hybridized carbons (Fsp3) is 0.308. The van der Waals surface area contributed by atoms with E-state index in [0.717, 1.165) is 42.1 Å². The molecule has 1 aliphatic rings. The van der Waals surface area contributed by atoms with Gasteiger partial charge in [0, 0.05) is 22.5 Å². The molecule has 0 unspecified atom stereocenters. The summed E-state index contributed by atoms with van der Waals surface area (Å²) in [5.41, 5.74) is 8.99. The number of aromatic nitrogens is 1. The summed E-state index contributed by atoms with van der Waals surface area (Å²) in [4.78, 5) is 17.5. The fourth-order valence-electron chi connectivity index (χ4n) is 4.89. The summed E-state index contributed by atoms with van der Waals surface area (Å²) < 4.78 is 13.9. The Labute approximate surface area is 192 Å². The van der Waals surface area contributed by atoms with Gasteiger partial charge in [0.25, 0.3) is 0 Å². The third kappa shape index (κ3) is 4.78. The van der Waals surface area contributed by atoms with Crippen molar-refractivity contribution < 1.29 is 9.18 Å². The molecule has 32 heavy (non-hydrogen) atoms. The molecule has 166 valence electrons. The molecule has 4 rings (SSSR count). The number of hydrogen-bond donors (Lipinski definition) is 2. The minimum Gasteiger partial charge on any atom is -0.397 e. The number of nitrogens with two attached hydrogens (primary N) is 1. The average molecular weight is 452 g/mol. The molecule has 1 atom stereocenters. The van der Waals surface area contributed by atoms with E-state index in [1.165, 1.54) is 6.07 Å². The van der Waals surface area contributed by atoms with Gasteiger partial charge in [-0.3, -0.25) is 9.78 Å². The third-order valence-electron chi connectivity index (χ3n) is 6.55. The first-order valence-electron chi connectivity index (χ1n) is 11.0. The van der Waals surface area contributed by atoms with Crippen LogP contribution in [0.25, 0.3) is 10.9 Å². The van der Waals surface area contributed by atoms with Gasteiger partial charge in [0.15, 0.2) is 0 Å². The van der Waals surface area contributed by atoms with Crippen molar-refractivity contribution in [2.75, 3.05) is 11.1 Å². The second-order valence-corrected chi connectivity index (χ2v) is 8.96. The Morgan fingerprint density at radius 1 is 1.22 bits per heavy atom. The Morgan fingerprint density at radius 2 is 2.00 bits per heavy atom. The lowest BCUT2D eigenvalue weighted by Gasteiger charge is -2.33. The van der Waals surface area contributed by atoms with Gasteiger partial charge in [-0.25, -0.2) is 4.39 Å². The number of nitrogens with zero attached hydrogens (tertiary/aromatic N) is 1. The number of rotatable bonds is 6. The van der Waals surface area contributed by atoms with Gasteiger partial charge in [0.05, 0.1) is 16.9 Å². The van der Waals surface area contributed by atoms with E-state index in [2.05, 4.69) is 16.9 Å². The highest BCUT2D eigenvalue weighted by atomic mass is 35.5. The van der Waals surface area contributed by atoms with E-state index in [1.54, 1.807) is 42.6 Å². The number of nitrogen functional groups attached to an aromatic ring is 1. The standard InChI is InChI=1S/C26H27ClFN3O/c1-2-3-21(26(32)31-25-10-8-18(27)14-23(25)29)17-6-4-16(5-7-17)20-12-13-30-24-11-9-19(28)15-22(20)24/h2,8-17,21H,1,3-7,29H2,(H,31,32)/t16?,17?,21-/m1/s1. The minimum absolute atomic E-state index is 0.0428. The number of nitrogens with one attached hydrogen (secondary N) is 1. The quantitative estimate of drug-likeness (QED) is 0.323. The molecule has 3 N–H and O–H groups in total. The van der Waals surface area contributed by atoms with Crippen LogP contribution in [-0.4, -0.2) is 10.9 Å². The van der Waals surface area contributed by atoms with Gasteiger partial charge in [-0.15, -0.1) is 6.58 Å². The average Bonchev–Trinajstić information content (AvgIpc) is 2.79. The molecule has 2 aromatic carbocycles. The Balaban J connectivity index is 1.47. The Hall–Kier alpha value is -2.92. The SMILES string of the molecule is C=CC[C@@H](C(=O)Nc1ccc(Cl)cc1N)C1CCC(c2ccnc3ccc(F)cc23)CC1. The number of amides is 1. The molecule has 0 radical (unpaired) electrons. The highest BCUT2D eigenvalue weighted by molar-refractivity contribution is 6.31. The number of benzene rings is 2. The van der Waals surface area contributed by atoms with Gasteiger partial charge in [-0.2, -0.15) is 0 Å². The molecule has 4 nitrogen and oxygen atoms in total. The number of anilines is 2. The van der Waals surface area contributed by atoms with Crippen LogP contribution in [0.5, 0.6) is 0 Å². The molecule has 1 aliphatic carbocycles. The summed E-state index contributed by atoms with van der Waals surface area (Å²) in [7, 11) is 0. The number of carbonyl (C=O) groups excluding carboxylic acids is 1. The van der Waals surface area contributed by atoms with E-state index < -0.39 is 0 Å².